The number of aromatic nitrogens is 1. The third-order valence-electron chi connectivity index (χ3n) is 2.85. The van der Waals surface area contributed by atoms with E-state index in [0.29, 0.717) is 16.4 Å². The topological polar surface area (TPSA) is 94.9 Å². The van der Waals surface area contributed by atoms with Gasteiger partial charge in [-0.25, -0.2) is 4.98 Å². The number of nitrogens with one attached hydrogen (secondary N) is 2. The van der Waals surface area contributed by atoms with Crippen molar-refractivity contribution in [3.05, 3.63) is 52.7 Å². The van der Waals surface area contributed by atoms with Gasteiger partial charge in [-0.1, -0.05) is 12.1 Å². The minimum Gasteiger partial charge on any atom is -0.337 e. The van der Waals surface area contributed by atoms with Gasteiger partial charge in [0, 0.05) is 22.8 Å². The molecular weight excluding hydrogens is 312 g/mol. The third kappa shape index (κ3) is 4.49. The number of aryl methyl sites for hydroxylation is 1. The SMILES string of the molecule is CC(=O)c1cccc(NC(=O)/C(C#N)=C\Nc2nc(C)cs2)c1. The van der Waals surface area contributed by atoms with Crippen molar-refractivity contribution in [3.63, 3.8) is 0 Å². The molecule has 1 aromatic heterocycles. The second-order valence-electron chi connectivity index (χ2n) is 4.70. The number of hydrogen-bond donors (Lipinski definition) is 2. The van der Waals surface area contributed by atoms with Gasteiger partial charge in [0.15, 0.2) is 10.9 Å². The maximum absolute atomic E-state index is 12.1. The van der Waals surface area contributed by atoms with E-state index in [4.69, 9.17) is 5.26 Å². The number of anilines is 2. The number of rotatable bonds is 5. The summed E-state index contributed by atoms with van der Waals surface area (Å²) in [5.41, 5.74) is 1.71. The van der Waals surface area contributed by atoms with Gasteiger partial charge >= 0.3 is 0 Å². The summed E-state index contributed by atoms with van der Waals surface area (Å²) in [6.07, 6.45) is 1.31. The van der Waals surface area contributed by atoms with Crippen LogP contribution in [0.15, 0.2) is 41.4 Å². The number of amides is 1. The summed E-state index contributed by atoms with van der Waals surface area (Å²) in [5, 5.41) is 17.0. The van der Waals surface area contributed by atoms with E-state index >= 15 is 0 Å². The fraction of sp³-hybridized carbons (Fsp3) is 0.125. The predicted octanol–water partition coefficient (Wildman–Crippen LogP) is 3.11. The summed E-state index contributed by atoms with van der Waals surface area (Å²) in [5.74, 6) is -0.660. The first kappa shape index (κ1) is 16.4. The van der Waals surface area contributed by atoms with Gasteiger partial charge in [0.25, 0.3) is 5.91 Å². The molecule has 1 amide bonds. The van der Waals surface area contributed by atoms with Gasteiger partial charge < -0.3 is 10.6 Å². The van der Waals surface area contributed by atoms with Crippen molar-refractivity contribution in [2.45, 2.75) is 13.8 Å². The Balaban J connectivity index is 2.09. The standard InChI is InChI=1S/C16H14N4O2S/c1-10-9-23-16(19-10)18-8-13(7-17)15(22)20-14-5-3-4-12(6-14)11(2)21/h3-6,8-9H,1-2H3,(H,18,19)(H,20,22)/b13-8-. The lowest BCUT2D eigenvalue weighted by Crippen LogP contribution is -2.14. The van der Waals surface area contributed by atoms with Crippen LogP contribution < -0.4 is 10.6 Å². The Labute approximate surface area is 137 Å². The molecule has 0 saturated carbocycles. The molecule has 0 radical (unpaired) electrons. The van der Waals surface area contributed by atoms with E-state index in [1.54, 1.807) is 24.3 Å². The van der Waals surface area contributed by atoms with Crippen LogP contribution in [0.5, 0.6) is 0 Å². The van der Waals surface area contributed by atoms with Crippen molar-refractivity contribution in [1.29, 1.82) is 5.26 Å². The molecule has 0 spiro atoms. The summed E-state index contributed by atoms with van der Waals surface area (Å²) in [4.78, 5) is 27.6. The van der Waals surface area contributed by atoms with Crippen molar-refractivity contribution in [3.8, 4) is 6.07 Å². The van der Waals surface area contributed by atoms with Gasteiger partial charge in [-0.2, -0.15) is 5.26 Å². The minimum absolute atomic E-state index is 0.0916. The van der Waals surface area contributed by atoms with Gasteiger partial charge in [0.1, 0.15) is 11.6 Å². The van der Waals surface area contributed by atoms with E-state index in [9.17, 15) is 9.59 Å². The number of hydrogen-bond acceptors (Lipinski definition) is 6. The van der Waals surface area contributed by atoms with Crippen molar-refractivity contribution in [2.24, 2.45) is 0 Å². The van der Waals surface area contributed by atoms with E-state index in [2.05, 4.69) is 15.6 Å². The predicted molar refractivity (Wildman–Crippen MR) is 89.2 cm³/mol. The average Bonchev–Trinajstić information content (AvgIpc) is 2.93. The Hall–Kier alpha value is -2.98. The summed E-state index contributed by atoms with van der Waals surface area (Å²) in [7, 11) is 0. The minimum atomic E-state index is -0.561. The zero-order chi connectivity index (χ0) is 16.8. The first-order valence-electron chi connectivity index (χ1n) is 6.71. The first-order chi connectivity index (χ1) is 11.0. The number of carbonyl (C=O) groups is 2. The van der Waals surface area contributed by atoms with Crippen LogP contribution in [0.2, 0.25) is 0 Å². The van der Waals surface area contributed by atoms with Gasteiger partial charge in [0.2, 0.25) is 0 Å². The van der Waals surface area contributed by atoms with Gasteiger partial charge in [-0.05, 0) is 26.0 Å². The molecule has 0 aliphatic carbocycles. The molecule has 2 aromatic rings. The van der Waals surface area contributed by atoms with Crippen LogP contribution >= 0.6 is 11.3 Å². The van der Waals surface area contributed by atoms with Crippen LogP contribution in [0.3, 0.4) is 0 Å². The lowest BCUT2D eigenvalue weighted by molar-refractivity contribution is -0.112. The van der Waals surface area contributed by atoms with Crippen molar-refractivity contribution < 1.29 is 9.59 Å². The molecule has 116 valence electrons. The molecule has 0 bridgehead atoms. The monoisotopic (exact) mass is 326 g/mol. The maximum atomic E-state index is 12.1. The Morgan fingerprint density at radius 3 is 2.78 bits per heavy atom. The zero-order valence-corrected chi connectivity index (χ0v) is 13.4. The number of thiazole rings is 1. The lowest BCUT2D eigenvalue weighted by Gasteiger charge is -2.05. The van der Waals surface area contributed by atoms with Crippen LogP contribution in [-0.4, -0.2) is 16.7 Å². The fourth-order valence-electron chi connectivity index (χ4n) is 1.72. The summed E-state index contributed by atoms with van der Waals surface area (Å²) in [6.45, 7) is 3.30. The Kier molecular flexibility index (Phi) is 5.23. The summed E-state index contributed by atoms with van der Waals surface area (Å²) >= 11 is 1.38. The molecule has 1 aromatic carbocycles. The van der Waals surface area contributed by atoms with Gasteiger partial charge in [-0.3, -0.25) is 9.59 Å². The van der Waals surface area contributed by atoms with Crippen LogP contribution in [0, 0.1) is 18.3 Å². The van der Waals surface area contributed by atoms with E-state index in [0.717, 1.165) is 5.69 Å². The molecule has 0 saturated heterocycles. The first-order valence-corrected chi connectivity index (χ1v) is 7.59. The Bertz CT molecular complexity index is 817. The molecule has 1 heterocycles. The molecule has 23 heavy (non-hydrogen) atoms. The largest absolute Gasteiger partial charge is 0.337 e. The van der Waals surface area contributed by atoms with E-state index in [1.807, 2.05) is 18.4 Å². The molecule has 0 aliphatic rings. The lowest BCUT2D eigenvalue weighted by atomic mass is 10.1. The van der Waals surface area contributed by atoms with Crippen molar-refractivity contribution in [2.75, 3.05) is 10.6 Å². The number of ketones is 1. The highest BCUT2D eigenvalue weighted by molar-refractivity contribution is 7.13. The van der Waals surface area contributed by atoms with Gasteiger partial charge in [-0.15, -0.1) is 11.3 Å². The van der Waals surface area contributed by atoms with Crippen molar-refractivity contribution >= 4 is 33.8 Å². The summed E-state index contributed by atoms with van der Waals surface area (Å²) < 4.78 is 0. The zero-order valence-electron chi connectivity index (χ0n) is 12.6. The number of nitriles is 1. The van der Waals surface area contributed by atoms with Crippen LogP contribution in [0.25, 0.3) is 0 Å². The molecule has 0 fully saturated rings. The molecule has 2 N–H and O–H groups in total. The quantitative estimate of drug-likeness (QED) is 0.500. The highest BCUT2D eigenvalue weighted by Crippen LogP contribution is 2.15. The molecule has 6 nitrogen and oxygen atoms in total. The third-order valence-corrected chi connectivity index (χ3v) is 3.74. The van der Waals surface area contributed by atoms with E-state index < -0.39 is 5.91 Å². The second-order valence-corrected chi connectivity index (χ2v) is 5.56. The number of carbonyl (C=O) groups excluding carboxylic acids is 2. The average molecular weight is 326 g/mol. The van der Waals surface area contributed by atoms with Gasteiger partial charge in [0.05, 0.1) is 5.69 Å². The maximum Gasteiger partial charge on any atom is 0.267 e. The fourth-order valence-corrected chi connectivity index (χ4v) is 2.38. The van der Waals surface area contributed by atoms with Crippen LogP contribution in [0.4, 0.5) is 10.8 Å². The molecule has 0 aliphatic heterocycles. The van der Waals surface area contributed by atoms with Crippen LogP contribution in [0.1, 0.15) is 23.0 Å². The highest BCUT2D eigenvalue weighted by atomic mass is 32.1. The molecule has 7 heteroatoms. The van der Waals surface area contributed by atoms with E-state index in [-0.39, 0.29) is 11.4 Å². The second kappa shape index (κ2) is 7.33. The Morgan fingerprint density at radius 2 is 2.17 bits per heavy atom. The number of benzene rings is 1. The number of Topliss-reactive ketones (excluding diaryl/α,β-unsaturated/α-hetero) is 1. The molecule has 0 unspecified atom stereocenters. The molecule has 0 atom stereocenters. The highest BCUT2D eigenvalue weighted by Gasteiger charge is 2.10. The molecule has 2 rings (SSSR count). The normalized spacial score (nSPS) is 10.7. The van der Waals surface area contributed by atoms with Crippen molar-refractivity contribution in [1.82, 2.24) is 4.98 Å². The Morgan fingerprint density at radius 1 is 1.39 bits per heavy atom. The van der Waals surface area contributed by atoms with Crippen LogP contribution in [-0.2, 0) is 4.79 Å². The smallest absolute Gasteiger partial charge is 0.267 e. The number of nitrogens with zero attached hydrogens (tertiary/aromatic N) is 2. The van der Waals surface area contributed by atoms with E-state index in [1.165, 1.54) is 24.5 Å². The molecular formula is C16H14N4O2S. The summed E-state index contributed by atoms with van der Waals surface area (Å²) in [6, 6.07) is 8.37.